The van der Waals surface area contributed by atoms with E-state index in [4.69, 9.17) is 0 Å². The lowest BCUT2D eigenvalue weighted by molar-refractivity contribution is -0.137. The molecule has 0 saturated carbocycles. The summed E-state index contributed by atoms with van der Waals surface area (Å²) in [6.07, 6.45) is 0.308. The Bertz CT molecular complexity index is 1300. The van der Waals surface area contributed by atoms with Crippen molar-refractivity contribution in [2.45, 2.75) is 32.5 Å². The molecule has 0 spiro atoms. The maximum absolute atomic E-state index is 12.9. The van der Waals surface area contributed by atoms with Crippen LogP contribution in [0.25, 0.3) is 22.6 Å². The highest BCUT2D eigenvalue weighted by Gasteiger charge is 2.30. The van der Waals surface area contributed by atoms with Crippen molar-refractivity contribution in [2.24, 2.45) is 0 Å². The molecule has 3 heterocycles. The van der Waals surface area contributed by atoms with Crippen LogP contribution in [-0.4, -0.2) is 35.6 Å². The first-order chi connectivity index (χ1) is 15.1. The Morgan fingerprint density at radius 3 is 2.44 bits per heavy atom. The molecule has 0 radical (unpaired) electrons. The van der Waals surface area contributed by atoms with E-state index in [1.807, 2.05) is 19.9 Å². The van der Waals surface area contributed by atoms with Crippen LogP contribution in [0.15, 0.2) is 48.9 Å². The molecular weight excluding hydrogens is 423 g/mol. The average Bonchev–Trinajstić information content (AvgIpc) is 3.11. The van der Waals surface area contributed by atoms with E-state index in [9.17, 15) is 23.1 Å². The summed E-state index contributed by atoms with van der Waals surface area (Å²) >= 11 is 0. The van der Waals surface area contributed by atoms with Crippen LogP contribution in [0.5, 0.6) is 0 Å². The minimum Gasteiger partial charge on any atom is -0.475 e. The third-order valence-corrected chi connectivity index (χ3v) is 5.01. The molecule has 0 bridgehead atoms. The van der Waals surface area contributed by atoms with Crippen molar-refractivity contribution in [1.82, 2.24) is 24.5 Å². The number of pyridine rings is 1. The number of fused-ring (bicyclic) bond motifs is 1. The van der Waals surface area contributed by atoms with Gasteiger partial charge in [-0.1, -0.05) is 26.0 Å². The number of alkyl halides is 3. The molecule has 1 N–H and O–H groups in total. The zero-order valence-corrected chi connectivity index (χ0v) is 17.1. The monoisotopic (exact) mass is 441 g/mol. The van der Waals surface area contributed by atoms with E-state index in [1.165, 1.54) is 18.3 Å². The summed E-state index contributed by atoms with van der Waals surface area (Å²) in [5, 5.41) is 9.20. The minimum atomic E-state index is -4.42. The summed E-state index contributed by atoms with van der Waals surface area (Å²) in [6, 6.07) is 6.76. The van der Waals surface area contributed by atoms with Gasteiger partial charge in [0.1, 0.15) is 11.3 Å². The van der Waals surface area contributed by atoms with E-state index < -0.39 is 23.5 Å². The zero-order chi connectivity index (χ0) is 23.0. The molecule has 164 valence electrons. The van der Waals surface area contributed by atoms with Crippen molar-refractivity contribution in [3.8, 4) is 11.4 Å². The number of carbonyl (C=O) groups is 1. The lowest BCUT2D eigenvalue weighted by Crippen LogP contribution is -2.07. The lowest BCUT2D eigenvalue weighted by Gasteiger charge is -2.12. The lowest BCUT2D eigenvalue weighted by atomic mass is 10.0. The van der Waals surface area contributed by atoms with Crippen LogP contribution in [0.3, 0.4) is 0 Å². The predicted molar refractivity (Wildman–Crippen MR) is 110 cm³/mol. The number of carboxylic acids is 1. The normalized spacial score (nSPS) is 11.9. The summed E-state index contributed by atoms with van der Waals surface area (Å²) in [5.74, 6) is -0.994. The van der Waals surface area contributed by atoms with Crippen LogP contribution in [0.4, 0.5) is 13.2 Å². The molecule has 4 aromatic rings. The molecule has 0 aliphatic rings. The van der Waals surface area contributed by atoms with Crippen molar-refractivity contribution in [2.75, 3.05) is 0 Å². The van der Waals surface area contributed by atoms with Gasteiger partial charge in [-0.3, -0.25) is 4.98 Å². The molecule has 4 rings (SSSR count). The molecule has 7 nitrogen and oxygen atoms in total. The van der Waals surface area contributed by atoms with Crippen LogP contribution in [0.1, 0.15) is 47.1 Å². The van der Waals surface area contributed by atoms with Crippen LogP contribution in [-0.2, 0) is 12.7 Å². The van der Waals surface area contributed by atoms with Crippen molar-refractivity contribution in [1.29, 1.82) is 0 Å². The number of hydrogen-bond acceptors (Lipinski definition) is 5. The number of benzene rings is 1. The van der Waals surface area contributed by atoms with Gasteiger partial charge in [0.2, 0.25) is 5.82 Å². The topological polar surface area (TPSA) is 93.8 Å². The van der Waals surface area contributed by atoms with Gasteiger partial charge in [-0.15, -0.1) is 0 Å². The van der Waals surface area contributed by atoms with Crippen LogP contribution in [0.2, 0.25) is 0 Å². The third-order valence-electron chi connectivity index (χ3n) is 5.01. The molecule has 0 saturated heterocycles. The molecule has 0 aliphatic heterocycles. The minimum absolute atomic E-state index is 0.175. The molecule has 3 aromatic heterocycles. The summed E-state index contributed by atoms with van der Waals surface area (Å²) < 4.78 is 40.5. The van der Waals surface area contributed by atoms with Crippen molar-refractivity contribution in [3.63, 3.8) is 0 Å². The second-order valence-corrected chi connectivity index (χ2v) is 7.59. The molecule has 10 heteroatoms. The molecule has 1 aromatic carbocycles. The Labute approximate surface area is 180 Å². The number of hydrogen-bond donors (Lipinski definition) is 1. The van der Waals surface area contributed by atoms with Crippen molar-refractivity contribution >= 4 is 17.1 Å². The molecule has 0 aliphatic carbocycles. The highest BCUT2D eigenvalue weighted by Crippen LogP contribution is 2.30. The SMILES string of the molecule is CC(C)c1cncc(-c2nc3nc(C(=O)O)ncc3n2Cc2ccc(C(F)(F)F)cc2)c1. The zero-order valence-electron chi connectivity index (χ0n) is 17.1. The fraction of sp³-hybridized carbons (Fsp3) is 0.227. The quantitative estimate of drug-likeness (QED) is 0.479. The summed E-state index contributed by atoms with van der Waals surface area (Å²) in [5.41, 5.74) is 2.16. The molecule has 0 fully saturated rings. The first kappa shape index (κ1) is 21.4. The first-order valence-corrected chi connectivity index (χ1v) is 9.71. The van der Waals surface area contributed by atoms with E-state index in [2.05, 4.69) is 19.9 Å². The summed E-state index contributed by atoms with van der Waals surface area (Å²) in [7, 11) is 0. The van der Waals surface area contributed by atoms with Gasteiger partial charge < -0.3 is 9.67 Å². The number of nitrogens with zero attached hydrogens (tertiary/aromatic N) is 5. The second-order valence-electron chi connectivity index (χ2n) is 7.59. The third kappa shape index (κ3) is 4.16. The predicted octanol–water partition coefficient (Wildman–Crippen LogP) is 4.78. The molecule has 32 heavy (non-hydrogen) atoms. The van der Waals surface area contributed by atoms with Gasteiger partial charge in [-0.25, -0.2) is 19.7 Å². The largest absolute Gasteiger partial charge is 0.475 e. The van der Waals surface area contributed by atoms with Gasteiger partial charge in [0.05, 0.1) is 11.8 Å². The molecule has 0 atom stereocenters. The van der Waals surface area contributed by atoms with Gasteiger partial charge in [0.25, 0.3) is 0 Å². The Hall–Kier alpha value is -3.82. The van der Waals surface area contributed by atoms with Gasteiger partial charge in [-0.2, -0.15) is 13.2 Å². The Kier molecular flexibility index (Phi) is 5.37. The van der Waals surface area contributed by atoms with Crippen LogP contribution >= 0.6 is 0 Å². The number of halogens is 3. The van der Waals surface area contributed by atoms with Gasteiger partial charge in [0, 0.05) is 24.5 Å². The van der Waals surface area contributed by atoms with Gasteiger partial charge >= 0.3 is 12.1 Å². The number of aromatic nitrogens is 5. The Morgan fingerprint density at radius 1 is 1.09 bits per heavy atom. The molecular formula is C22H18F3N5O2. The fourth-order valence-electron chi connectivity index (χ4n) is 3.27. The van der Waals surface area contributed by atoms with E-state index in [0.717, 1.165) is 17.7 Å². The highest BCUT2D eigenvalue weighted by molar-refractivity contribution is 5.86. The van der Waals surface area contributed by atoms with Crippen molar-refractivity contribution < 1.29 is 23.1 Å². The Morgan fingerprint density at radius 2 is 1.81 bits per heavy atom. The first-order valence-electron chi connectivity index (χ1n) is 9.71. The number of aromatic carboxylic acids is 1. The van der Waals surface area contributed by atoms with E-state index >= 15 is 0 Å². The average molecular weight is 441 g/mol. The van der Waals surface area contributed by atoms with E-state index in [0.29, 0.717) is 22.5 Å². The summed E-state index contributed by atoms with van der Waals surface area (Å²) in [4.78, 5) is 27.9. The smallest absolute Gasteiger partial charge is 0.416 e. The standard InChI is InChI=1S/C22H18F3N5O2/c1-12(2)14-7-15(9-26-8-14)20-29-18-17(10-27-19(28-18)21(31)32)30(20)11-13-3-5-16(6-4-13)22(23,24)25/h3-10,12H,11H2,1-2H3,(H,31,32). The van der Waals surface area contributed by atoms with Crippen LogP contribution < -0.4 is 0 Å². The second kappa shape index (κ2) is 8.03. The molecule has 0 unspecified atom stereocenters. The van der Waals surface area contributed by atoms with Gasteiger partial charge in [-0.05, 0) is 35.2 Å². The molecule has 0 amide bonds. The Balaban J connectivity index is 1.84. The number of carboxylic acid groups (broad SMARTS) is 1. The maximum atomic E-state index is 12.9. The van der Waals surface area contributed by atoms with Crippen LogP contribution in [0, 0.1) is 0 Å². The van der Waals surface area contributed by atoms with E-state index in [1.54, 1.807) is 17.0 Å². The fourth-order valence-corrected chi connectivity index (χ4v) is 3.27. The van der Waals surface area contributed by atoms with Crippen molar-refractivity contribution in [3.05, 3.63) is 71.4 Å². The number of rotatable bonds is 5. The van der Waals surface area contributed by atoms with E-state index in [-0.39, 0.29) is 18.1 Å². The maximum Gasteiger partial charge on any atom is 0.416 e. The van der Waals surface area contributed by atoms with Gasteiger partial charge in [0.15, 0.2) is 5.65 Å². The highest BCUT2D eigenvalue weighted by atomic mass is 19.4. The summed E-state index contributed by atoms with van der Waals surface area (Å²) in [6.45, 7) is 4.23. The number of imidazole rings is 1.